The molecule has 0 saturated carbocycles. The zero-order valence-corrected chi connectivity index (χ0v) is 39.7. The summed E-state index contributed by atoms with van der Waals surface area (Å²) >= 11 is 0. The molecule has 0 spiro atoms. The molecule has 444 valence electrons. The molecule has 0 bridgehead atoms. The molecule has 0 aromatic carbocycles. The Kier molecular flexibility index (Phi) is 21.8. The van der Waals surface area contributed by atoms with Crippen LogP contribution >= 0.6 is 0 Å². The van der Waals surface area contributed by atoms with Gasteiger partial charge in [-0.1, -0.05) is 0 Å². The second-order valence-corrected chi connectivity index (χ2v) is 19.2. The Morgan fingerprint density at radius 2 is 0.579 bits per heavy atom. The number of hydrogen-bond acceptors (Lipinski definition) is 35. The van der Waals surface area contributed by atoms with Crippen molar-refractivity contribution in [3.63, 3.8) is 0 Å². The summed E-state index contributed by atoms with van der Waals surface area (Å²) in [5.41, 5.74) is 0. The molecule has 22 N–H and O–H groups in total. The summed E-state index contributed by atoms with van der Waals surface area (Å²) in [6.07, 6.45) is -65.3. The highest BCUT2D eigenvalue weighted by molar-refractivity contribution is 4.99. The molecule has 0 aromatic rings. The van der Waals surface area contributed by atoms with E-state index in [1.807, 2.05) is 0 Å². The van der Waals surface area contributed by atoms with Crippen molar-refractivity contribution >= 4 is 0 Å². The smallest absolute Gasteiger partial charge is 0.187 e. The number of ether oxygens (including phenoxy) is 13. The summed E-state index contributed by atoms with van der Waals surface area (Å²) < 4.78 is 72.0. The Morgan fingerprint density at radius 1 is 0.276 bits per heavy atom. The SMILES string of the molecule is OC[C@H]1O[C@@H](OC[C@H]2O[C@@H](OC[C@H]3O[C@@H](OC[C@H]4O[C@@H](O[C@@H]5[C@@H](O)[C@H](O)O[C@H](CO)[C@@H]5O)[C@H](O)[C@@H](O[C@@H]5O[C@H](CO)[C@H](O)[C@H](O)[C@H]5O)[C@H]4O)[C@H](O)[C@@H](O)[C@H]3O)[C@H](O)[C@@H](O[C@@H]3OC[C@H](O)[C@H](O)[C@H]3O)[C@H]2O)[C@H](O)[C@@H](O)[C@H]1O. The number of aliphatic hydroxyl groups excluding tert-OH is 22. The Morgan fingerprint density at radius 3 is 1.05 bits per heavy atom. The first kappa shape index (κ1) is 62.2. The fraction of sp³-hybridized carbons (Fsp3) is 1.00. The zero-order valence-electron chi connectivity index (χ0n) is 39.7. The van der Waals surface area contributed by atoms with Crippen LogP contribution in [-0.2, 0) is 61.6 Å². The second-order valence-electron chi connectivity index (χ2n) is 19.2. The molecule has 0 aromatic heterocycles. The van der Waals surface area contributed by atoms with Crippen LogP contribution in [0, 0.1) is 0 Å². The highest BCUT2D eigenvalue weighted by Gasteiger charge is 2.56. The molecule has 0 aliphatic carbocycles. The topological polar surface area (TPSA) is 565 Å². The largest absolute Gasteiger partial charge is 0.394 e. The molecule has 35 nitrogen and oxygen atoms in total. The molecule has 0 radical (unpaired) electrons. The third kappa shape index (κ3) is 13.1. The Hall–Kier alpha value is -1.40. The summed E-state index contributed by atoms with van der Waals surface area (Å²) in [5, 5.41) is 233. The average Bonchev–Trinajstić information content (AvgIpc) is 3.40. The highest BCUT2D eigenvalue weighted by Crippen LogP contribution is 2.35. The van der Waals surface area contributed by atoms with Crippen molar-refractivity contribution in [2.24, 2.45) is 0 Å². The van der Waals surface area contributed by atoms with Gasteiger partial charge in [-0.25, -0.2) is 0 Å². The van der Waals surface area contributed by atoms with Crippen molar-refractivity contribution in [1.29, 1.82) is 0 Å². The minimum Gasteiger partial charge on any atom is -0.394 e. The molecule has 0 unspecified atom stereocenters. The van der Waals surface area contributed by atoms with Crippen LogP contribution in [0.3, 0.4) is 0 Å². The lowest BCUT2D eigenvalue weighted by molar-refractivity contribution is -0.384. The molecular weight excluding hydrogens is 1050 g/mol. The monoisotopic (exact) mass is 1120 g/mol. The van der Waals surface area contributed by atoms with E-state index in [9.17, 15) is 112 Å². The van der Waals surface area contributed by atoms with Crippen molar-refractivity contribution in [3.05, 3.63) is 0 Å². The van der Waals surface area contributed by atoms with Gasteiger partial charge in [-0.15, -0.1) is 0 Å². The van der Waals surface area contributed by atoms with Gasteiger partial charge in [0.2, 0.25) is 0 Å². The fourth-order valence-corrected chi connectivity index (χ4v) is 9.39. The minimum absolute atomic E-state index is 0.587. The maximum absolute atomic E-state index is 11.6. The quantitative estimate of drug-likeness (QED) is 0.0606. The molecule has 0 amide bonds. The van der Waals surface area contributed by atoms with Gasteiger partial charge in [-0.3, -0.25) is 0 Å². The predicted molar refractivity (Wildman–Crippen MR) is 226 cm³/mol. The van der Waals surface area contributed by atoms with Crippen LogP contribution in [0.25, 0.3) is 0 Å². The third-order valence-corrected chi connectivity index (χ3v) is 14.1. The molecule has 7 rings (SSSR count). The van der Waals surface area contributed by atoms with Crippen LogP contribution in [0.1, 0.15) is 0 Å². The first-order valence-corrected chi connectivity index (χ1v) is 24.1. The van der Waals surface area contributed by atoms with Gasteiger partial charge in [-0.05, 0) is 0 Å². The van der Waals surface area contributed by atoms with E-state index in [4.69, 9.17) is 61.6 Å². The number of rotatable bonds is 18. The lowest BCUT2D eigenvalue weighted by atomic mass is 9.96. The molecular formula is C41H70O35. The van der Waals surface area contributed by atoms with Crippen LogP contribution < -0.4 is 0 Å². The van der Waals surface area contributed by atoms with E-state index >= 15 is 0 Å². The highest BCUT2D eigenvalue weighted by atomic mass is 16.8. The van der Waals surface area contributed by atoms with E-state index in [0.29, 0.717) is 0 Å². The Balaban J connectivity index is 1.06. The van der Waals surface area contributed by atoms with Gasteiger partial charge in [0.25, 0.3) is 0 Å². The Labute approximate surface area is 428 Å². The van der Waals surface area contributed by atoms with Gasteiger partial charge < -0.3 is 174 Å². The van der Waals surface area contributed by atoms with E-state index in [0.717, 1.165) is 0 Å². The lowest BCUT2D eigenvalue weighted by Gasteiger charge is -2.48. The Bertz CT molecular complexity index is 1760. The van der Waals surface area contributed by atoms with Gasteiger partial charge in [-0.2, -0.15) is 0 Å². The number of aliphatic hydroxyl groups is 22. The van der Waals surface area contributed by atoms with E-state index in [1.165, 1.54) is 0 Å². The summed E-state index contributed by atoms with van der Waals surface area (Å²) in [7, 11) is 0. The summed E-state index contributed by atoms with van der Waals surface area (Å²) in [5.74, 6) is 0. The van der Waals surface area contributed by atoms with Gasteiger partial charge in [0.05, 0.1) is 46.2 Å². The lowest BCUT2D eigenvalue weighted by Crippen LogP contribution is -2.67. The molecule has 76 heavy (non-hydrogen) atoms. The maximum atomic E-state index is 11.6. The van der Waals surface area contributed by atoms with Crippen molar-refractivity contribution in [3.8, 4) is 0 Å². The van der Waals surface area contributed by atoms with Crippen molar-refractivity contribution in [1.82, 2.24) is 0 Å². The number of hydrogen-bond donors (Lipinski definition) is 22. The first-order valence-electron chi connectivity index (χ1n) is 24.1. The van der Waals surface area contributed by atoms with Crippen molar-refractivity contribution in [2.75, 3.05) is 46.2 Å². The molecule has 34 atom stereocenters. The van der Waals surface area contributed by atoms with Crippen LogP contribution in [0.4, 0.5) is 0 Å². The van der Waals surface area contributed by atoms with E-state index < -0.39 is 255 Å². The van der Waals surface area contributed by atoms with Crippen molar-refractivity contribution < 1.29 is 174 Å². The molecule has 7 fully saturated rings. The predicted octanol–water partition coefficient (Wildman–Crippen LogP) is -15.6. The summed E-state index contributed by atoms with van der Waals surface area (Å²) in [6, 6.07) is 0. The van der Waals surface area contributed by atoms with Crippen LogP contribution in [0.2, 0.25) is 0 Å². The van der Waals surface area contributed by atoms with Crippen LogP contribution in [0.15, 0.2) is 0 Å². The van der Waals surface area contributed by atoms with E-state index in [1.54, 1.807) is 0 Å². The second kappa shape index (κ2) is 26.7. The van der Waals surface area contributed by atoms with E-state index in [2.05, 4.69) is 0 Å². The van der Waals surface area contributed by atoms with Crippen molar-refractivity contribution in [2.45, 2.75) is 209 Å². The van der Waals surface area contributed by atoms with Gasteiger partial charge in [0.15, 0.2) is 44.0 Å². The van der Waals surface area contributed by atoms with Gasteiger partial charge in [0, 0.05) is 0 Å². The fourth-order valence-electron chi connectivity index (χ4n) is 9.39. The molecule has 7 aliphatic heterocycles. The average molecular weight is 1120 g/mol. The normalized spacial score (nSPS) is 53.6. The minimum atomic E-state index is -2.22. The maximum Gasteiger partial charge on any atom is 0.187 e. The van der Waals surface area contributed by atoms with Gasteiger partial charge >= 0.3 is 0 Å². The molecule has 7 heterocycles. The van der Waals surface area contributed by atoms with Crippen LogP contribution in [0.5, 0.6) is 0 Å². The standard InChI is InChI=1S/C41H70O35/c42-1-9-16(47)22(53)26(57)36(69-9)65-6-13-20(51)33(74-38-25(56)15(46)8(45)4-64-38)30(61)39(72-13)67-5-12-18(49)24(55)27(58)37(71-12)66-7-14-21(52)34(76-40-28(59)23(54)17(48)10(2-43)70-40)31(62)41(73-14)75-32-19(50)11(3-44)68-35(63)29(32)60/h8-63H,1-7H2/t8-,9+,10+,11+,12+,13+,14+,15-,16-,17-,18-,19-,20-,21-,22-,23-,24-,25+,26+,27+,28+,29+,30+,31+,32-,33-,34-,35+,36+,37+,38-,39+,40-,41-/m0/s1. The summed E-state index contributed by atoms with van der Waals surface area (Å²) in [6.45, 7) is -5.97. The van der Waals surface area contributed by atoms with Gasteiger partial charge in [0.1, 0.15) is 165 Å². The molecule has 7 saturated heterocycles. The molecule has 35 heteroatoms. The first-order chi connectivity index (χ1) is 35.9. The van der Waals surface area contributed by atoms with Crippen LogP contribution in [-0.4, -0.2) is 367 Å². The molecule has 7 aliphatic rings. The zero-order chi connectivity index (χ0) is 55.8. The summed E-state index contributed by atoms with van der Waals surface area (Å²) in [4.78, 5) is 0. The third-order valence-electron chi connectivity index (χ3n) is 14.1. The van der Waals surface area contributed by atoms with E-state index in [-0.39, 0.29) is 0 Å².